The fraction of sp³-hybridized carbons (Fsp3) is 0.143. The number of fused-ring (bicyclic) bond motifs is 4. The minimum atomic E-state index is -0.0698. The molecule has 0 fully saturated rings. The van der Waals surface area contributed by atoms with Crippen LogP contribution < -0.4 is 4.90 Å². The maximum absolute atomic E-state index is 2.42. The fourth-order valence-corrected chi connectivity index (χ4v) is 8.41. The van der Waals surface area contributed by atoms with E-state index < -0.39 is 0 Å². The Morgan fingerprint density at radius 1 is 0.400 bits per heavy atom. The summed E-state index contributed by atoms with van der Waals surface area (Å²) in [4.78, 5) is 2.42. The van der Waals surface area contributed by atoms with Gasteiger partial charge in [0, 0.05) is 22.5 Å². The van der Waals surface area contributed by atoms with Crippen LogP contribution in [0.4, 0.5) is 17.1 Å². The lowest BCUT2D eigenvalue weighted by Crippen LogP contribution is -2.16. The number of aryl methyl sites for hydroxylation is 1. The third-order valence-corrected chi connectivity index (χ3v) is 11.1. The number of nitrogens with zero attached hydrogens (tertiary/aromatic N) is 1. The van der Waals surface area contributed by atoms with E-state index in [-0.39, 0.29) is 5.41 Å². The minimum absolute atomic E-state index is 0.0698. The Labute approximate surface area is 296 Å². The molecule has 50 heavy (non-hydrogen) atoms. The quantitative estimate of drug-likeness (QED) is 0.174. The average molecular weight is 644 g/mol. The highest BCUT2D eigenvalue weighted by molar-refractivity contribution is 5.86. The van der Waals surface area contributed by atoms with Crippen molar-refractivity contribution in [3.8, 4) is 44.5 Å². The van der Waals surface area contributed by atoms with E-state index in [4.69, 9.17) is 0 Å². The van der Waals surface area contributed by atoms with Crippen molar-refractivity contribution in [1.29, 1.82) is 0 Å². The highest BCUT2D eigenvalue weighted by Crippen LogP contribution is 2.50. The van der Waals surface area contributed by atoms with Gasteiger partial charge >= 0.3 is 0 Å². The highest BCUT2D eigenvalue weighted by atomic mass is 15.1. The molecule has 0 bridgehead atoms. The molecule has 2 aliphatic rings. The molecule has 0 aromatic heterocycles. The van der Waals surface area contributed by atoms with E-state index in [2.05, 4.69) is 183 Å². The topological polar surface area (TPSA) is 3.24 Å². The van der Waals surface area contributed by atoms with Crippen LogP contribution in [0.1, 0.15) is 48.9 Å². The summed E-state index contributed by atoms with van der Waals surface area (Å²) in [7, 11) is 0. The smallest absolute Gasteiger partial charge is 0.0465 e. The van der Waals surface area contributed by atoms with Crippen molar-refractivity contribution in [3.63, 3.8) is 0 Å². The number of hydrogen-bond donors (Lipinski definition) is 0. The summed E-state index contributed by atoms with van der Waals surface area (Å²) in [6, 6.07) is 60.6. The first-order valence-corrected chi connectivity index (χ1v) is 18.1. The van der Waals surface area contributed by atoms with Gasteiger partial charge in [-0.1, -0.05) is 141 Å². The van der Waals surface area contributed by atoms with Gasteiger partial charge in [0.15, 0.2) is 0 Å². The third-order valence-electron chi connectivity index (χ3n) is 11.1. The van der Waals surface area contributed by atoms with Crippen LogP contribution in [0.2, 0.25) is 0 Å². The van der Waals surface area contributed by atoms with E-state index in [0.29, 0.717) is 0 Å². The van der Waals surface area contributed by atoms with Gasteiger partial charge in [0.25, 0.3) is 0 Å². The van der Waals surface area contributed by atoms with Crippen molar-refractivity contribution in [2.24, 2.45) is 0 Å². The molecule has 9 rings (SSSR count). The highest BCUT2D eigenvalue weighted by Gasteiger charge is 2.35. The average Bonchev–Trinajstić information content (AvgIpc) is 3.41. The maximum Gasteiger partial charge on any atom is 0.0465 e. The Kier molecular flexibility index (Phi) is 7.50. The molecule has 0 unspecified atom stereocenters. The van der Waals surface area contributed by atoms with E-state index in [1.807, 2.05) is 0 Å². The summed E-state index contributed by atoms with van der Waals surface area (Å²) in [6.45, 7) is 4.72. The molecular formula is C49H41N. The second kappa shape index (κ2) is 12.3. The van der Waals surface area contributed by atoms with Crippen LogP contribution in [0.3, 0.4) is 0 Å². The zero-order valence-corrected chi connectivity index (χ0v) is 28.9. The van der Waals surface area contributed by atoms with Crippen LogP contribution in [0.15, 0.2) is 164 Å². The number of anilines is 3. The Balaban J connectivity index is 1.10. The normalized spacial score (nSPS) is 14.0. The van der Waals surface area contributed by atoms with E-state index in [0.717, 1.165) is 11.4 Å². The summed E-state index contributed by atoms with van der Waals surface area (Å²) in [6.07, 6.45) is 4.95. The number of benzene rings is 7. The lowest BCUT2D eigenvalue weighted by molar-refractivity contribution is 0.660. The van der Waals surface area contributed by atoms with Gasteiger partial charge in [0.05, 0.1) is 0 Å². The Morgan fingerprint density at radius 3 is 1.62 bits per heavy atom. The number of hydrogen-bond acceptors (Lipinski definition) is 1. The zero-order chi connectivity index (χ0) is 33.7. The van der Waals surface area contributed by atoms with E-state index >= 15 is 0 Å². The fourth-order valence-electron chi connectivity index (χ4n) is 8.41. The largest absolute Gasteiger partial charge is 0.310 e. The van der Waals surface area contributed by atoms with Crippen molar-refractivity contribution in [2.75, 3.05) is 4.90 Å². The van der Waals surface area contributed by atoms with Crippen LogP contribution >= 0.6 is 0 Å². The Bertz CT molecular complexity index is 2310. The predicted molar refractivity (Wildman–Crippen MR) is 212 cm³/mol. The molecule has 0 saturated carbocycles. The first-order valence-electron chi connectivity index (χ1n) is 18.1. The van der Waals surface area contributed by atoms with E-state index in [1.54, 1.807) is 0 Å². The van der Waals surface area contributed by atoms with Gasteiger partial charge in [-0.15, -0.1) is 0 Å². The van der Waals surface area contributed by atoms with Crippen LogP contribution in [-0.4, -0.2) is 0 Å². The molecule has 0 heterocycles. The lowest BCUT2D eigenvalue weighted by atomic mass is 9.82. The van der Waals surface area contributed by atoms with Crippen LogP contribution in [-0.2, 0) is 18.3 Å². The van der Waals surface area contributed by atoms with Crippen LogP contribution in [0.25, 0.3) is 44.5 Å². The molecule has 7 aromatic rings. The van der Waals surface area contributed by atoms with Gasteiger partial charge < -0.3 is 4.90 Å². The summed E-state index contributed by atoms with van der Waals surface area (Å²) in [5.74, 6) is 0. The van der Waals surface area contributed by atoms with Crippen molar-refractivity contribution < 1.29 is 0 Å². The Morgan fingerprint density at radius 2 is 0.920 bits per heavy atom. The second-order valence-corrected chi connectivity index (χ2v) is 14.4. The lowest BCUT2D eigenvalue weighted by Gasteiger charge is -2.28. The van der Waals surface area contributed by atoms with E-state index in [9.17, 15) is 0 Å². The molecular weight excluding hydrogens is 603 g/mol. The van der Waals surface area contributed by atoms with Gasteiger partial charge in [-0.3, -0.25) is 0 Å². The molecule has 0 N–H and O–H groups in total. The van der Waals surface area contributed by atoms with E-state index in [1.165, 1.54) is 98.1 Å². The molecule has 1 heteroatoms. The minimum Gasteiger partial charge on any atom is -0.310 e. The second-order valence-electron chi connectivity index (χ2n) is 14.4. The summed E-state index contributed by atoms with van der Waals surface area (Å²) in [5.41, 5.74) is 19.5. The van der Waals surface area contributed by atoms with Crippen molar-refractivity contribution >= 4 is 17.1 Å². The van der Waals surface area contributed by atoms with Gasteiger partial charge in [0.2, 0.25) is 0 Å². The summed E-state index contributed by atoms with van der Waals surface area (Å²) < 4.78 is 0. The molecule has 0 aliphatic heterocycles. The summed E-state index contributed by atoms with van der Waals surface area (Å²) >= 11 is 0. The third kappa shape index (κ3) is 5.26. The van der Waals surface area contributed by atoms with Gasteiger partial charge in [-0.2, -0.15) is 0 Å². The molecule has 0 amide bonds. The first-order chi connectivity index (χ1) is 24.5. The van der Waals surface area contributed by atoms with Crippen molar-refractivity contribution in [1.82, 2.24) is 0 Å². The molecule has 7 aromatic carbocycles. The van der Waals surface area contributed by atoms with Gasteiger partial charge in [-0.05, 0) is 129 Å². The molecule has 242 valence electrons. The molecule has 2 aliphatic carbocycles. The SMILES string of the molecule is CC1(C)c2ccccc2-c2ccc(N(c3ccc(-c4ccc(-c5ccccc5)cc4)cc3)c3ccc(-c4cccc5c4CCCC5)cc3)cc21. The van der Waals surface area contributed by atoms with Crippen molar-refractivity contribution in [3.05, 3.63) is 186 Å². The Hall–Kier alpha value is -5.66. The van der Waals surface area contributed by atoms with Gasteiger partial charge in [0.1, 0.15) is 0 Å². The zero-order valence-electron chi connectivity index (χ0n) is 28.9. The standard InChI is InChI=1S/C49H41N/c1-49(2)47-18-9-8-16-45(47)46-32-31-42(33-48(46)49)50(41-29-25-39(26-30-41)44-17-10-14-38-13-6-7-15-43(38)44)40-27-23-37(24-28-40)36-21-19-35(20-22-36)34-11-4-3-5-12-34/h3-5,8-12,14,16-33H,6-7,13,15H2,1-2H3. The maximum atomic E-state index is 2.42. The van der Waals surface area contributed by atoms with Gasteiger partial charge in [-0.25, -0.2) is 0 Å². The molecule has 0 atom stereocenters. The summed E-state index contributed by atoms with van der Waals surface area (Å²) in [5, 5.41) is 0. The van der Waals surface area contributed by atoms with Crippen molar-refractivity contribution in [2.45, 2.75) is 44.9 Å². The predicted octanol–water partition coefficient (Wildman–Crippen LogP) is 13.3. The molecule has 0 spiro atoms. The molecule has 1 nitrogen and oxygen atoms in total. The first kappa shape index (κ1) is 30.4. The molecule has 0 radical (unpaired) electrons. The number of rotatable bonds is 6. The van der Waals surface area contributed by atoms with Crippen LogP contribution in [0, 0.1) is 0 Å². The van der Waals surface area contributed by atoms with Crippen LogP contribution in [0.5, 0.6) is 0 Å². The molecule has 0 saturated heterocycles. The monoisotopic (exact) mass is 643 g/mol.